The maximum atomic E-state index is 13.5. The molecule has 0 bridgehead atoms. The molecule has 256 valence electrons. The van der Waals surface area contributed by atoms with E-state index in [1.165, 1.54) is 0 Å². The van der Waals surface area contributed by atoms with Crippen molar-refractivity contribution in [1.82, 2.24) is 10.0 Å². The summed E-state index contributed by atoms with van der Waals surface area (Å²) in [4.78, 5) is 28.7. The summed E-state index contributed by atoms with van der Waals surface area (Å²) in [5.74, 6) is -0.736. The van der Waals surface area contributed by atoms with Crippen LogP contribution in [-0.2, 0) is 26.0 Å². The molecule has 12 heteroatoms. The summed E-state index contributed by atoms with van der Waals surface area (Å²) in [7, 11) is -4.05. The fourth-order valence-electron chi connectivity index (χ4n) is 6.75. The van der Waals surface area contributed by atoms with E-state index < -0.39 is 28.1 Å². The van der Waals surface area contributed by atoms with Crippen molar-refractivity contribution in [1.29, 1.82) is 0 Å². The molecule has 5 rings (SSSR count). The molecule has 11 nitrogen and oxygen atoms in total. The van der Waals surface area contributed by atoms with E-state index in [2.05, 4.69) is 15.0 Å². The van der Waals surface area contributed by atoms with Gasteiger partial charge in [0, 0.05) is 18.5 Å². The molecule has 2 aliphatic rings. The minimum Gasteiger partial charge on any atom is -0.487 e. The maximum Gasteiger partial charge on any atom is 0.407 e. The number of carbonyl (C=O) groups is 2. The first-order valence-corrected chi connectivity index (χ1v) is 17.6. The van der Waals surface area contributed by atoms with Gasteiger partial charge in [-0.05, 0) is 105 Å². The Morgan fingerprint density at radius 3 is 2.29 bits per heavy atom. The summed E-state index contributed by atoms with van der Waals surface area (Å²) in [6, 6.07) is 15.3. The average molecular weight is 677 g/mol. The summed E-state index contributed by atoms with van der Waals surface area (Å²) in [5.41, 5.74) is 12.9. The zero-order chi connectivity index (χ0) is 34.8. The van der Waals surface area contributed by atoms with Crippen molar-refractivity contribution < 1.29 is 32.6 Å². The number of hydrogen-bond donors (Lipinski definition) is 4. The lowest BCUT2D eigenvalue weighted by Gasteiger charge is -2.35. The van der Waals surface area contributed by atoms with Crippen LogP contribution in [0, 0.1) is 20.8 Å². The Hall–Kier alpha value is -4.58. The lowest BCUT2D eigenvalue weighted by molar-refractivity contribution is -0.137. The van der Waals surface area contributed by atoms with Crippen LogP contribution in [0.4, 0.5) is 4.79 Å². The second kappa shape index (κ2) is 13.9. The van der Waals surface area contributed by atoms with Crippen LogP contribution in [0.1, 0.15) is 78.8 Å². The summed E-state index contributed by atoms with van der Waals surface area (Å²) >= 11 is 0. The smallest absolute Gasteiger partial charge is 0.407 e. The topological polar surface area (TPSA) is 169 Å². The number of guanidine groups is 1. The lowest BCUT2D eigenvalue weighted by Crippen LogP contribution is -2.39. The predicted octanol–water partition coefficient (Wildman–Crippen LogP) is 5.47. The number of ether oxygens (including phenoxy) is 2. The summed E-state index contributed by atoms with van der Waals surface area (Å²) in [5, 5.41) is 12.1. The predicted molar refractivity (Wildman–Crippen MR) is 184 cm³/mol. The third kappa shape index (κ3) is 7.43. The highest BCUT2D eigenvalue weighted by molar-refractivity contribution is 7.90. The molecule has 0 unspecified atom stereocenters. The summed E-state index contributed by atoms with van der Waals surface area (Å²) in [6.45, 7) is 9.64. The first kappa shape index (κ1) is 34.7. The molecular weight excluding hydrogens is 632 g/mol. The van der Waals surface area contributed by atoms with Crippen molar-refractivity contribution in [3.8, 4) is 16.9 Å². The highest BCUT2D eigenvalue weighted by Gasteiger charge is 2.34. The molecule has 5 N–H and O–H groups in total. The molecule has 0 saturated carbocycles. The third-order valence-corrected chi connectivity index (χ3v) is 10.9. The van der Waals surface area contributed by atoms with Crippen molar-refractivity contribution in [2.75, 3.05) is 13.2 Å². The second-order valence-electron chi connectivity index (χ2n) is 13.2. The molecule has 3 aromatic rings. The maximum absolute atomic E-state index is 13.5. The van der Waals surface area contributed by atoms with E-state index in [9.17, 15) is 23.1 Å². The standard InChI is InChI=1S/C36H44N4O7S/c1-21-22(2)33(23(3)25-16-17-36(4,5)47-32(21)25)48(44,45)40-34(37)38-18-10-11-24(19-31(41)42)39-35(43)46-20-30-28-14-8-6-12-26(28)27-13-7-9-15-29(27)30/h6-9,12-15,24,30H,10-11,16-20H2,1-5H3,(H,39,43)(H,41,42)(H3,37,38,40)/t24-/m0/s1. The Kier molecular flexibility index (Phi) is 10.0. The molecule has 1 amide bonds. The van der Waals surface area contributed by atoms with Gasteiger partial charge in [-0.3, -0.25) is 9.79 Å². The number of sulfonamides is 1. The van der Waals surface area contributed by atoms with Gasteiger partial charge in [0.2, 0.25) is 5.96 Å². The van der Waals surface area contributed by atoms with Gasteiger partial charge in [0.1, 0.15) is 18.0 Å². The molecule has 1 aliphatic heterocycles. The number of nitrogens with zero attached hydrogens (tertiary/aromatic N) is 1. The second-order valence-corrected chi connectivity index (χ2v) is 14.8. The molecule has 3 aromatic carbocycles. The fourth-order valence-corrected chi connectivity index (χ4v) is 8.28. The monoisotopic (exact) mass is 676 g/mol. The number of nitrogens with two attached hydrogens (primary N) is 1. The number of carbonyl (C=O) groups excluding carboxylic acids is 1. The first-order chi connectivity index (χ1) is 22.7. The van der Waals surface area contributed by atoms with E-state index in [1.807, 2.05) is 69.3 Å². The SMILES string of the molecule is Cc1c(C)c(S(=O)(=O)NC(N)=NCCC[C@@H](CC(=O)O)NC(=O)OCC2c3ccccc3-c3ccccc32)c(C)c2c1OC(C)(C)CC2. The van der Waals surface area contributed by atoms with Crippen LogP contribution >= 0.6 is 0 Å². The molecule has 0 spiro atoms. The Bertz CT molecular complexity index is 1820. The van der Waals surface area contributed by atoms with Gasteiger partial charge in [0.25, 0.3) is 10.0 Å². The number of nitrogens with one attached hydrogen (secondary N) is 2. The van der Waals surface area contributed by atoms with E-state index in [0.717, 1.165) is 45.6 Å². The van der Waals surface area contributed by atoms with Crippen molar-refractivity contribution in [2.24, 2.45) is 10.7 Å². The van der Waals surface area contributed by atoms with Crippen molar-refractivity contribution >= 4 is 28.0 Å². The fraction of sp³-hybridized carbons (Fsp3) is 0.417. The zero-order valence-electron chi connectivity index (χ0n) is 28.1. The molecule has 1 atom stereocenters. The quantitative estimate of drug-likeness (QED) is 0.118. The number of carboxylic acid groups (broad SMARTS) is 1. The number of hydrogen-bond acceptors (Lipinski definition) is 7. The molecule has 48 heavy (non-hydrogen) atoms. The number of aliphatic carboxylic acids is 1. The number of carboxylic acids is 1. The van der Waals surface area contributed by atoms with Gasteiger partial charge in [-0.25, -0.2) is 17.9 Å². The summed E-state index contributed by atoms with van der Waals surface area (Å²) in [6.07, 6.45) is 1.04. The average Bonchev–Trinajstić information content (AvgIpc) is 3.33. The third-order valence-electron chi connectivity index (χ3n) is 9.25. The number of alkyl carbamates (subject to hydrolysis) is 1. The van der Waals surface area contributed by atoms with Crippen molar-refractivity contribution in [3.05, 3.63) is 81.9 Å². The van der Waals surface area contributed by atoms with Gasteiger partial charge in [-0.1, -0.05) is 48.5 Å². The Morgan fingerprint density at radius 2 is 1.67 bits per heavy atom. The van der Waals surface area contributed by atoms with Gasteiger partial charge in [0.05, 0.1) is 11.3 Å². The lowest BCUT2D eigenvalue weighted by atomic mass is 9.88. The first-order valence-electron chi connectivity index (χ1n) is 16.2. The Balaban J connectivity index is 1.17. The van der Waals surface area contributed by atoms with E-state index in [1.54, 1.807) is 13.8 Å². The highest BCUT2D eigenvalue weighted by atomic mass is 32.2. The number of benzene rings is 3. The van der Waals surface area contributed by atoms with Crippen LogP contribution < -0.4 is 20.5 Å². The molecule has 0 radical (unpaired) electrons. The molecule has 0 saturated heterocycles. The van der Waals surface area contributed by atoms with Crippen LogP contribution in [0.5, 0.6) is 5.75 Å². The number of fused-ring (bicyclic) bond motifs is 4. The van der Waals surface area contributed by atoms with E-state index in [0.29, 0.717) is 24.0 Å². The molecular formula is C36H44N4O7S. The van der Waals surface area contributed by atoms with Crippen LogP contribution in [0.25, 0.3) is 11.1 Å². The molecule has 0 aromatic heterocycles. The van der Waals surface area contributed by atoms with Gasteiger partial charge in [-0.15, -0.1) is 0 Å². The minimum absolute atomic E-state index is 0.105. The summed E-state index contributed by atoms with van der Waals surface area (Å²) < 4.78 is 41.2. The van der Waals surface area contributed by atoms with Gasteiger partial charge in [-0.2, -0.15) is 0 Å². The number of aliphatic imine (C=N–C) groups is 1. The van der Waals surface area contributed by atoms with Gasteiger partial charge >= 0.3 is 12.1 Å². The van der Waals surface area contributed by atoms with Crippen molar-refractivity contribution in [2.45, 2.75) is 89.2 Å². The molecule has 1 aliphatic carbocycles. The Morgan fingerprint density at radius 1 is 1.04 bits per heavy atom. The van der Waals surface area contributed by atoms with E-state index in [4.69, 9.17) is 15.2 Å². The minimum atomic E-state index is -4.05. The number of rotatable bonds is 11. The normalized spacial score (nSPS) is 15.8. The van der Waals surface area contributed by atoms with Gasteiger partial charge < -0.3 is 25.6 Å². The number of amides is 1. The highest BCUT2D eigenvalue weighted by Crippen LogP contribution is 2.45. The largest absolute Gasteiger partial charge is 0.487 e. The van der Waals surface area contributed by atoms with Gasteiger partial charge in [0.15, 0.2) is 0 Å². The van der Waals surface area contributed by atoms with Crippen molar-refractivity contribution in [3.63, 3.8) is 0 Å². The Labute approximate surface area is 282 Å². The van der Waals surface area contributed by atoms with E-state index >= 15 is 0 Å². The van der Waals surface area contributed by atoms with Crippen LogP contribution in [0.3, 0.4) is 0 Å². The molecule has 0 fully saturated rings. The molecule has 1 heterocycles. The zero-order valence-corrected chi connectivity index (χ0v) is 28.9. The van der Waals surface area contributed by atoms with Crippen LogP contribution in [-0.4, -0.2) is 56.3 Å². The van der Waals surface area contributed by atoms with E-state index in [-0.39, 0.29) is 48.4 Å². The van der Waals surface area contributed by atoms with Crippen LogP contribution in [0.15, 0.2) is 58.4 Å². The van der Waals surface area contributed by atoms with Crippen LogP contribution in [0.2, 0.25) is 0 Å².